The summed E-state index contributed by atoms with van der Waals surface area (Å²) in [5.74, 6) is -1.15. The standard InChI is InChI=1S/C20H19F2N3O2S2/c21-16-7-3-5-14(11-16)13-29(26,27)25-10-4-6-15(12-25)19-23-24-20(28-19)17-8-1-2-9-18(17)22/h1-3,5,7-9,11,15H,4,6,10,12-13H2. The van der Waals surface area contributed by atoms with Crippen LogP contribution in [0.1, 0.15) is 29.3 Å². The van der Waals surface area contributed by atoms with E-state index in [1.807, 2.05) is 0 Å². The van der Waals surface area contributed by atoms with Gasteiger partial charge >= 0.3 is 0 Å². The second-order valence-corrected chi connectivity index (χ2v) is 9.99. The van der Waals surface area contributed by atoms with Gasteiger partial charge in [0.25, 0.3) is 0 Å². The Morgan fingerprint density at radius 1 is 1.10 bits per heavy atom. The summed E-state index contributed by atoms with van der Waals surface area (Å²) in [6, 6.07) is 12.0. The number of hydrogen-bond donors (Lipinski definition) is 0. The van der Waals surface area contributed by atoms with Gasteiger partial charge in [0.2, 0.25) is 10.0 Å². The lowest BCUT2D eigenvalue weighted by atomic mass is 10.0. The van der Waals surface area contributed by atoms with Gasteiger partial charge in [0.05, 0.1) is 5.75 Å². The molecular formula is C20H19F2N3O2S2. The topological polar surface area (TPSA) is 63.2 Å². The Bertz CT molecular complexity index is 1120. The molecule has 0 bridgehead atoms. The zero-order valence-corrected chi connectivity index (χ0v) is 17.1. The lowest BCUT2D eigenvalue weighted by Gasteiger charge is -2.30. The minimum absolute atomic E-state index is 0.0935. The molecule has 0 amide bonds. The van der Waals surface area contributed by atoms with E-state index in [1.165, 1.54) is 39.9 Å². The highest BCUT2D eigenvalue weighted by molar-refractivity contribution is 7.88. The Morgan fingerprint density at radius 2 is 1.93 bits per heavy atom. The summed E-state index contributed by atoms with van der Waals surface area (Å²) < 4.78 is 54.5. The number of benzene rings is 2. The Hall–Kier alpha value is -2.23. The quantitative estimate of drug-likeness (QED) is 0.603. The number of rotatable bonds is 5. The molecule has 0 spiro atoms. The molecule has 1 fully saturated rings. The van der Waals surface area contributed by atoms with Crippen molar-refractivity contribution in [3.8, 4) is 10.6 Å². The molecule has 9 heteroatoms. The third-order valence-corrected chi connectivity index (χ3v) is 7.85. The number of aromatic nitrogens is 2. The average Bonchev–Trinajstić information content (AvgIpc) is 3.18. The van der Waals surface area contributed by atoms with E-state index in [0.29, 0.717) is 40.7 Å². The average molecular weight is 436 g/mol. The first-order valence-electron chi connectivity index (χ1n) is 9.23. The number of piperidine rings is 1. The van der Waals surface area contributed by atoms with Crippen LogP contribution in [0.4, 0.5) is 8.78 Å². The molecule has 0 saturated carbocycles. The van der Waals surface area contributed by atoms with E-state index in [2.05, 4.69) is 10.2 Å². The van der Waals surface area contributed by atoms with Crippen LogP contribution in [0, 0.1) is 11.6 Å². The van der Waals surface area contributed by atoms with Crippen LogP contribution in [0.2, 0.25) is 0 Å². The molecule has 1 aliphatic rings. The molecule has 1 atom stereocenters. The maximum Gasteiger partial charge on any atom is 0.218 e. The molecular weight excluding hydrogens is 416 g/mol. The fraction of sp³-hybridized carbons (Fsp3) is 0.300. The SMILES string of the molecule is O=S(=O)(Cc1cccc(F)c1)N1CCCC(c2nnc(-c3ccccc3F)s2)C1. The first kappa shape index (κ1) is 20.1. The van der Waals surface area contributed by atoms with Gasteiger partial charge < -0.3 is 0 Å². The molecule has 2 heterocycles. The van der Waals surface area contributed by atoms with Gasteiger partial charge in [-0.05, 0) is 42.7 Å². The molecule has 29 heavy (non-hydrogen) atoms. The molecule has 1 unspecified atom stereocenters. The predicted octanol–water partition coefficient (Wildman–Crippen LogP) is 4.19. The fourth-order valence-electron chi connectivity index (χ4n) is 3.47. The van der Waals surface area contributed by atoms with Crippen molar-refractivity contribution >= 4 is 21.4 Å². The molecule has 1 aliphatic heterocycles. The van der Waals surface area contributed by atoms with Crippen LogP contribution in [0.25, 0.3) is 10.6 Å². The highest BCUT2D eigenvalue weighted by Crippen LogP contribution is 2.34. The molecule has 5 nitrogen and oxygen atoms in total. The Labute approximate surface area is 172 Å². The van der Waals surface area contributed by atoms with Crippen molar-refractivity contribution in [2.24, 2.45) is 0 Å². The van der Waals surface area contributed by atoms with Crippen molar-refractivity contribution in [1.82, 2.24) is 14.5 Å². The number of nitrogens with zero attached hydrogens (tertiary/aromatic N) is 3. The molecule has 4 rings (SSSR count). The highest BCUT2D eigenvalue weighted by Gasteiger charge is 2.31. The second-order valence-electron chi connectivity index (χ2n) is 7.01. The summed E-state index contributed by atoms with van der Waals surface area (Å²) in [4.78, 5) is 0. The van der Waals surface area contributed by atoms with Gasteiger partial charge in [0.1, 0.15) is 16.6 Å². The highest BCUT2D eigenvalue weighted by atomic mass is 32.2. The molecule has 2 aromatic carbocycles. The third-order valence-electron chi connectivity index (χ3n) is 4.91. The van der Waals surface area contributed by atoms with Crippen LogP contribution in [0.5, 0.6) is 0 Å². The molecule has 1 aromatic heterocycles. The maximum absolute atomic E-state index is 14.0. The molecule has 0 N–H and O–H groups in total. The van der Waals surface area contributed by atoms with Crippen LogP contribution >= 0.6 is 11.3 Å². The zero-order chi connectivity index (χ0) is 20.4. The lowest BCUT2D eigenvalue weighted by Crippen LogP contribution is -2.39. The largest absolute Gasteiger partial charge is 0.218 e. The van der Waals surface area contributed by atoms with Crippen molar-refractivity contribution in [3.05, 3.63) is 70.7 Å². The fourth-order valence-corrected chi connectivity index (χ4v) is 6.06. The molecule has 0 radical (unpaired) electrons. The van der Waals surface area contributed by atoms with E-state index in [9.17, 15) is 17.2 Å². The van der Waals surface area contributed by atoms with Gasteiger partial charge in [-0.3, -0.25) is 0 Å². The molecule has 0 aliphatic carbocycles. The normalized spacial score (nSPS) is 18.1. The summed E-state index contributed by atoms with van der Waals surface area (Å²) in [7, 11) is -3.58. The second kappa shape index (κ2) is 8.25. The van der Waals surface area contributed by atoms with Gasteiger partial charge in [0.15, 0.2) is 5.01 Å². The molecule has 1 saturated heterocycles. The summed E-state index contributed by atoms with van der Waals surface area (Å²) in [6.45, 7) is 0.719. The maximum atomic E-state index is 14.0. The van der Waals surface area contributed by atoms with Gasteiger partial charge in [-0.25, -0.2) is 21.5 Å². The van der Waals surface area contributed by atoms with Crippen molar-refractivity contribution in [2.45, 2.75) is 24.5 Å². The predicted molar refractivity (Wildman–Crippen MR) is 108 cm³/mol. The molecule has 3 aromatic rings. The van der Waals surface area contributed by atoms with Crippen molar-refractivity contribution in [3.63, 3.8) is 0 Å². The monoisotopic (exact) mass is 435 g/mol. The van der Waals surface area contributed by atoms with Gasteiger partial charge in [-0.1, -0.05) is 35.6 Å². The minimum atomic E-state index is -3.58. The zero-order valence-electron chi connectivity index (χ0n) is 15.5. The van der Waals surface area contributed by atoms with Crippen molar-refractivity contribution < 1.29 is 17.2 Å². The van der Waals surface area contributed by atoms with Crippen LogP contribution in [-0.2, 0) is 15.8 Å². The lowest BCUT2D eigenvalue weighted by molar-refractivity contribution is 0.314. The van der Waals surface area contributed by atoms with Crippen LogP contribution < -0.4 is 0 Å². The van der Waals surface area contributed by atoms with Gasteiger partial charge in [0, 0.05) is 24.6 Å². The van der Waals surface area contributed by atoms with Crippen LogP contribution in [0.15, 0.2) is 48.5 Å². The Balaban J connectivity index is 1.51. The number of hydrogen-bond acceptors (Lipinski definition) is 5. The van der Waals surface area contributed by atoms with Gasteiger partial charge in [-0.2, -0.15) is 0 Å². The van der Waals surface area contributed by atoms with E-state index in [-0.39, 0.29) is 17.5 Å². The summed E-state index contributed by atoms with van der Waals surface area (Å²) in [6.07, 6.45) is 1.49. The first-order valence-corrected chi connectivity index (χ1v) is 11.7. The first-order chi connectivity index (χ1) is 13.9. The van der Waals surface area contributed by atoms with Crippen LogP contribution in [0.3, 0.4) is 0 Å². The van der Waals surface area contributed by atoms with Crippen molar-refractivity contribution in [1.29, 1.82) is 0 Å². The van der Waals surface area contributed by atoms with E-state index in [1.54, 1.807) is 24.3 Å². The summed E-state index contributed by atoms with van der Waals surface area (Å²) in [5, 5.41) is 9.49. The minimum Gasteiger partial charge on any atom is -0.212 e. The molecule has 152 valence electrons. The van der Waals surface area contributed by atoms with E-state index in [0.717, 1.165) is 6.42 Å². The Morgan fingerprint density at radius 3 is 2.72 bits per heavy atom. The summed E-state index contributed by atoms with van der Waals surface area (Å²) in [5.41, 5.74) is 0.813. The van der Waals surface area contributed by atoms with E-state index < -0.39 is 15.8 Å². The third kappa shape index (κ3) is 4.52. The Kier molecular flexibility index (Phi) is 5.71. The van der Waals surface area contributed by atoms with Crippen LogP contribution in [-0.4, -0.2) is 36.0 Å². The van der Waals surface area contributed by atoms with Crippen molar-refractivity contribution in [2.75, 3.05) is 13.1 Å². The van der Waals surface area contributed by atoms with E-state index >= 15 is 0 Å². The number of sulfonamides is 1. The number of halogens is 2. The van der Waals surface area contributed by atoms with E-state index in [4.69, 9.17) is 0 Å². The smallest absolute Gasteiger partial charge is 0.212 e. The van der Waals surface area contributed by atoms with Gasteiger partial charge in [-0.15, -0.1) is 10.2 Å². The summed E-state index contributed by atoms with van der Waals surface area (Å²) >= 11 is 1.29.